The molecule has 3 aromatic rings. The molecule has 0 bridgehead atoms. The van der Waals surface area contributed by atoms with Gasteiger partial charge in [-0.2, -0.15) is 18.3 Å². The van der Waals surface area contributed by atoms with Gasteiger partial charge in [0.15, 0.2) is 5.60 Å². The van der Waals surface area contributed by atoms with E-state index in [1.807, 2.05) is 18.9 Å². The van der Waals surface area contributed by atoms with E-state index in [0.29, 0.717) is 11.3 Å². The highest BCUT2D eigenvalue weighted by Gasteiger charge is 2.32. The smallest absolute Gasteiger partial charge is 0.416 e. The van der Waals surface area contributed by atoms with E-state index in [0.717, 1.165) is 29.1 Å². The molecule has 1 unspecified atom stereocenters. The van der Waals surface area contributed by atoms with Crippen LogP contribution in [0.4, 0.5) is 13.2 Å². The summed E-state index contributed by atoms with van der Waals surface area (Å²) in [5, 5.41) is 14.1. The zero-order chi connectivity index (χ0) is 27.0. The molecule has 0 fully saturated rings. The fourth-order valence-corrected chi connectivity index (χ4v) is 3.84. The topological polar surface area (TPSA) is 67.6 Å². The molecule has 0 aliphatic carbocycles. The average Bonchev–Trinajstić information content (AvgIpc) is 3.16. The Morgan fingerprint density at radius 3 is 2.28 bits per heavy atom. The number of carbonyl (C=O) groups is 1. The molecule has 0 saturated heterocycles. The maximum atomic E-state index is 13.0. The molecule has 1 heterocycles. The van der Waals surface area contributed by atoms with Gasteiger partial charge in [-0.25, -0.2) is 4.79 Å². The van der Waals surface area contributed by atoms with Crippen molar-refractivity contribution in [2.75, 3.05) is 7.05 Å². The number of aliphatic carboxylic acids is 1. The third-order valence-corrected chi connectivity index (χ3v) is 6.14. The summed E-state index contributed by atoms with van der Waals surface area (Å²) in [5.41, 5.74) is 1.09. The molecule has 1 aromatic heterocycles. The number of halogens is 4. The highest BCUT2D eigenvalue weighted by atomic mass is 35.5. The fraction of sp³-hybridized carbons (Fsp3) is 0.308. The summed E-state index contributed by atoms with van der Waals surface area (Å²) in [6.45, 7) is 8.72. The van der Waals surface area contributed by atoms with E-state index in [9.17, 15) is 23.1 Å². The number of hydrogen-bond donors (Lipinski definition) is 1. The molecule has 1 N–H and O–H groups in total. The van der Waals surface area contributed by atoms with Crippen molar-refractivity contribution in [3.8, 4) is 17.0 Å². The normalized spacial score (nSPS) is 12.8. The van der Waals surface area contributed by atoms with Crippen molar-refractivity contribution in [1.82, 2.24) is 14.7 Å². The zero-order valence-electron chi connectivity index (χ0n) is 20.5. The highest BCUT2D eigenvalue weighted by Crippen LogP contribution is 2.37. The van der Waals surface area contributed by atoms with Gasteiger partial charge in [-0.05, 0) is 56.7 Å². The van der Waals surface area contributed by atoms with Crippen molar-refractivity contribution in [1.29, 1.82) is 0 Å². The van der Waals surface area contributed by atoms with Crippen LogP contribution in [-0.2, 0) is 18.0 Å². The first-order valence-electron chi connectivity index (χ1n) is 10.9. The third kappa shape index (κ3) is 5.67. The number of alkyl halides is 3. The first kappa shape index (κ1) is 27.1. The Hall–Kier alpha value is -3.46. The minimum atomic E-state index is -4.42. The molecule has 1 atom stereocenters. The minimum absolute atomic E-state index is 0.222. The fourth-order valence-electron chi connectivity index (χ4n) is 3.61. The van der Waals surface area contributed by atoms with Crippen LogP contribution >= 0.6 is 11.6 Å². The number of aromatic nitrogens is 2. The first-order chi connectivity index (χ1) is 16.6. The predicted octanol–water partition coefficient (Wildman–Crippen LogP) is 6.56. The number of nitrogens with zero attached hydrogens (tertiary/aromatic N) is 3. The molecular formula is C26H27ClF3N3O3. The number of aryl methyl sites for hydroxylation is 1. The standard InChI is InChI=1S/C26H27ClF3N3O3/c1-15(2)32(5)23(17-9-12-22(19(27)13-17)36-25(3,4)24(34)35)21-14-20(31-33(21)6)16-7-10-18(11-8-16)26(28,29)30/h7-14,23H,1H2,2-6H3,(H,34,35). The van der Waals surface area contributed by atoms with Crippen LogP contribution in [0.15, 0.2) is 60.8 Å². The van der Waals surface area contributed by atoms with Crippen LogP contribution in [0.25, 0.3) is 11.3 Å². The molecule has 0 radical (unpaired) electrons. The Balaban J connectivity index is 2.03. The number of carboxylic acid groups (broad SMARTS) is 1. The number of hydrogen-bond acceptors (Lipinski definition) is 4. The Labute approximate surface area is 212 Å². The second kappa shape index (κ2) is 9.89. The lowest BCUT2D eigenvalue weighted by Gasteiger charge is -2.31. The summed E-state index contributed by atoms with van der Waals surface area (Å²) in [6.07, 6.45) is -4.42. The minimum Gasteiger partial charge on any atom is -0.478 e. The van der Waals surface area contributed by atoms with Gasteiger partial charge >= 0.3 is 12.1 Å². The largest absolute Gasteiger partial charge is 0.478 e. The maximum Gasteiger partial charge on any atom is 0.416 e. The van der Waals surface area contributed by atoms with Gasteiger partial charge in [-0.15, -0.1) is 0 Å². The van der Waals surface area contributed by atoms with Crippen molar-refractivity contribution in [2.24, 2.45) is 7.05 Å². The molecule has 3 rings (SSSR count). The van der Waals surface area contributed by atoms with E-state index >= 15 is 0 Å². The number of benzene rings is 2. The Morgan fingerprint density at radius 2 is 1.78 bits per heavy atom. The van der Waals surface area contributed by atoms with E-state index in [2.05, 4.69) is 11.7 Å². The summed E-state index contributed by atoms with van der Waals surface area (Å²) in [6, 6.07) is 11.3. The molecule has 0 spiro atoms. The van der Waals surface area contributed by atoms with Gasteiger partial charge < -0.3 is 14.7 Å². The van der Waals surface area contributed by atoms with Gasteiger partial charge in [0.25, 0.3) is 0 Å². The lowest BCUT2D eigenvalue weighted by atomic mass is 10.00. The highest BCUT2D eigenvalue weighted by molar-refractivity contribution is 6.32. The molecule has 36 heavy (non-hydrogen) atoms. The van der Waals surface area contributed by atoms with E-state index in [1.165, 1.54) is 26.0 Å². The lowest BCUT2D eigenvalue weighted by Crippen LogP contribution is -2.38. The average molecular weight is 522 g/mol. The Bertz CT molecular complexity index is 1280. The number of carboxylic acids is 1. The van der Waals surface area contributed by atoms with Crippen molar-refractivity contribution >= 4 is 17.6 Å². The van der Waals surface area contributed by atoms with Gasteiger partial charge in [0.2, 0.25) is 0 Å². The molecule has 2 aromatic carbocycles. The van der Waals surface area contributed by atoms with Crippen molar-refractivity contribution in [2.45, 2.75) is 38.6 Å². The third-order valence-electron chi connectivity index (χ3n) is 5.85. The number of ether oxygens (including phenoxy) is 1. The van der Waals surface area contributed by atoms with Gasteiger partial charge in [-0.1, -0.05) is 36.4 Å². The first-order valence-corrected chi connectivity index (χ1v) is 11.3. The molecule has 192 valence electrons. The molecular weight excluding hydrogens is 495 g/mol. The molecule has 0 amide bonds. The maximum absolute atomic E-state index is 13.0. The van der Waals surface area contributed by atoms with Crippen LogP contribution in [-0.4, -0.2) is 38.4 Å². The van der Waals surface area contributed by atoms with Crippen molar-refractivity contribution < 1.29 is 27.8 Å². The number of allylic oxidation sites excluding steroid dienone is 1. The monoisotopic (exact) mass is 521 g/mol. The summed E-state index contributed by atoms with van der Waals surface area (Å²) < 4.78 is 46.1. The molecule has 6 nitrogen and oxygen atoms in total. The van der Waals surface area contributed by atoms with Gasteiger partial charge in [0.1, 0.15) is 5.75 Å². The Morgan fingerprint density at radius 1 is 1.17 bits per heavy atom. The summed E-state index contributed by atoms with van der Waals surface area (Å²) in [7, 11) is 3.60. The molecule has 0 aliphatic heterocycles. The quantitative estimate of drug-likeness (QED) is 0.364. The van der Waals surface area contributed by atoms with Crippen molar-refractivity contribution in [3.63, 3.8) is 0 Å². The van der Waals surface area contributed by atoms with E-state index < -0.39 is 29.4 Å². The van der Waals surface area contributed by atoms with Crippen LogP contribution in [0.5, 0.6) is 5.75 Å². The molecule has 0 saturated carbocycles. The van der Waals surface area contributed by atoms with Gasteiger partial charge in [0, 0.05) is 25.4 Å². The van der Waals surface area contributed by atoms with Crippen molar-refractivity contribution in [3.05, 3.63) is 82.7 Å². The second-order valence-corrected chi connectivity index (χ2v) is 9.42. The lowest BCUT2D eigenvalue weighted by molar-refractivity contribution is -0.152. The van der Waals surface area contributed by atoms with Gasteiger partial charge in [-0.3, -0.25) is 4.68 Å². The second-order valence-electron chi connectivity index (χ2n) is 9.01. The SMILES string of the molecule is C=C(C)N(C)C(c1ccc(OC(C)(C)C(=O)O)c(Cl)c1)c1cc(-c2ccc(C(F)(F)F)cc2)nn1C. The Kier molecular flexibility index (Phi) is 7.45. The predicted molar refractivity (Wildman–Crippen MR) is 132 cm³/mol. The van der Waals surface area contributed by atoms with Crippen LogP contribution < -0.4 is 4.74 Å². The summed E-state index contributed by atoms with van der Waals surface area (Å²) >= 11 is 6.48. The van der Waals surface area contributed by atoms with Crippen LogP contribution in [0.1, 0.15) is 43.6 Å². The van der Waals surface area contributed by atoms with Crippen LogP contribution in [0.3, 0.4) is 0 Å². The van der Waals surface area contributed by atoms with E-state index in [1.54, 1.807) is 36.0 Å². The van der Waals surface area contributed by atoms with E-state index in [4.69, 9.17) is 16.3 Å². The summed E-state index contributed by atoms with van der Waals surface area (Å²) in [4.78, 5) is 13.4. The van der Waals surface area contributed by atoms with Crippen LogP contribution in [0, 0.1) is 0 Å². The summed E-state index contributed by atoms with van der Waals surface area (Å²) in [5.74, 6) is -0.909. The zero-order valence-corrected chi connectivity index (χ0v) is 21.3. The molecule has 10 heteroatoms. The van der Waals surface area contributed by atoms with Gasteiger partial charge in [0.05, 0.1) is 28.0 Å². The molecule has 0 aliphatic rings. The van der Waals surface area contributed by atoms with E-state index in [-0.39, 0.29) is 10.8 Å². The number of rotatable bonds is 8. The van der Waals surface area contributed by atoms with Crippen LogP contribution in [0.2, 0.25) is 5.02 Å².